The summed E-state index contributed by atoms with van der Waals surface area (Å²) in [5.74, 6) is 3.55. The zero-order valence-electron chi connectivity index (χ0n) is 8.49. The largest absolute Gasteiger partial charge is 0.368 e. The number of hydrogen-bond donors (Lipinski definition) is 2. The Bertz CT molecular complexity index is 389. The standard InChI is InChI=1S/C10H14N4S/c11-10-13-8-3-4-15-5-7(8)9(14-10)12-6-1-2-6/h6H,1-5H2,(H3,11,12,13,14). The quantitative estimate of drug-likeness (QED) is 0.792. The molecule has 0 spiro atoms. The molecular formula is C10H14N4S. The second-order valence-electron chi connectivity index (χ2n) is 4.08. The number of fused-ring (bicyclic) bond motifs is 1. The molecule has 80 valence electrons. The highest BCUT2D eigenvalue weighted by molar-refractivity contribution is 7.98. The van der Waals surface area contributed by atoms with E-state index in [1.165, 1.54) is 18.4 Å². The first-order chi connectivity index (χ1) is 7.33. The van der Waals surface area contributed by atoms with Crippen LogP contribution in [0.15, 0.2) is 0 Å². The van der Waals surface area contributed by atoms with Gasteiger partial charge in [0, 0.05) is 17.4 Å². The summed E-state index contributed by atoms with van der Waals surface area (Å²) in [4.78, 5) is 8.62. The van der Waals surface area contributed by atoms with Crippen molar-refractivity contribution in [3.8, 4) is 0 Å². The molecule has 15 heavy (non-hydrogen) atoms. The van der Waals surface area contributed by atoms with Crippen LogP contribution in [-0.2, 0) is 12.2 Å². The highest BCUT2D eigenvalue weighted by Gasteiger charge is 2.25. The number of thioether (sulfide) groups is 1. The Hall–Kier alpha value is -0.970. The molecular weight excluding hydrogens is 208 g/mol. The fraction of sp³-hybridized carbons (Fsp3) is 0.600. The highest BCUT2D eigenvalue weighted by atomic mass is 32.2. The van der Waals surface area contributed by atoms with Gasteiger partial charge >= 0.3 is 0 Å². The second-order valence-corrected chi connectivity index (χ2v) is 5.18. The third kappa shape index (κ3) is 1.88. The van der Waals surface area contributed by atoms with Crippen LogP contribution in [0.1, 0.15) is 24.1 Å². The van der Waals surface area contributed by atoms with Gasteiger partial charge in [-0.1, -0.05) is 0 Å². The molecule has 0 aromatic carbocycles. The van der Waals surface area contributed by atoms with Gasteiger partial charge < -0.3 is 11.1 Å². The van der Waals surface area contributed by atoms with Crippen molar-refractivity contribution in [2.24, 2.45) is 0 Å². The number of anilines is 2. The number of nitrogens with zero attached hydrogens (tertiary/aromatic N) is 2. The summed E-state index contributed by atoms with van der Waals surface area (Å²) < 4.78 is 0. The molecule has 1 aromatic rings. The van der Waals surface area contributed by atoms with Gasteiger partial charge in [0.1, 0.15) is 5.82 Å². The Balaban J connectivity index is 1.98. The van der Waals surface area contributed by atoms with Crippen LogP contribution < -0.4 is 11.1 Å². The fourth-order valence-electron chi connectivity index (χ4n) is 1.79. The maximum Gasteiger partial charge on any atom is 0.222 e. The van der Waals surface area contributed by atoms with Crippen LogP contribution in [0.3, 0.4) is 0 Å². The molecule has 3 N–H and O–H groups in total. The van der Waals surface area contributed by atoms with Gasteiger partial charge in [-0.05, 0) is 25.0 Å². The molecule has 1 aliphatic heterocycles. The fourth-order valence-corrected chi connectivity index (χ4v) is 2.78. The van der Waals surface area contributed by atoms with E-state index in [4.69, 9.17) is 5.73 Å². The van der Waals surface area contributed by atoms with Crippen molar-refractivity contribution in [2.45, 2.75) is 31.1 Å². The Morgan fingerprint density at radius 3 is 3.00 bits per heavy atom. The summed E-state index contributed by atoms with van der Waals surface area (Å²) >= 11 is 1.94. The normalized spacial score (nSPS) is 19.7. The second kappa shape index (κ2) is 3.56. The Morgan fingerprint density at radius 2 is 2.20 bits per heavy atom. The van der Waals surface area contributed by atoms with E-state index in [-0.39, 0.29) is 0 Å². The lowest BCUT2D eigenvalue weighted by Crippen LogP contribution is -2.15. The van der Waals surface area contributed by atoms with Crippen LogP contribution in [0.25, 0.3) is 0 Å². The molecule has 0 atom stereocenters. The van der Waals surface area contributed by atoms with Crippen molar-refractivity contribution in [2.75, 3.05) is 16.8 Å². The summed E-state index contributed by atoms with van der Waals surface area (Å²) in [6.45, 7) is 0. The molecule has 1 saturated carbocycles. The van der Waals surface area contributed by atoms with E-state index in [2.05, 4.69) is 15.3 Å². The van der Waals surface area contributed by atoms with Gasteiger partial charge in [-0.2, -0.15) is 16.7 Å². The van der Waals surface area contributed by atoms with E-state index in [0.717, 1.165) is 29.4 Å². The van der Waals surface area contributed by atoms with Crippen LogP contribution >= 0.6 is 11.8 Å². The van der Waals surface area contributed by atoms with E-state index < -0.39 is 0 Å². The van der Waals surface area contributed by atoms with Crippen molar-refractivity contribution in [1.29, 1.82) is 0 Å². The summed E-state index contributed by atoms with van der Waals surface area (Å²) in [7, 11) is 0. The van der Waals surface area contributed by atoms with E-state index in [1.54, 1.807) is 0 Å². The smallest absolute Gasteiger partial charge is 0.222 e. The van der Waals surface area contributed by atoms with Gasteiger partial charge in [-0.25, -0.2) is 4.98 Å². The van der Waals surface area contributed by atoms with E-state index in [0.29, 0.717) is 12.0 Å². The van der Waals surface area contributed by atoms with Crippen LogP contribution in [0, 0.1) is 0 Å². The highest BCUT2D eigenvalue weighted by Crippen LogP contribution is 2.32. The summed E-state index contributed by atoms with van der Waals surface area (Å²) in [5.41, 5.74) is 8.12. The molecule has 4 nitrogen and oxygen atoms in total. The molecule has 1 aromatic heterocycles. The number of rotatable bonds is 2. The SMILES string of the molecule is Nc1nc2c(c(NC3CC3)n1)CSCC2. The van der Waals surface area contributed by atoms with Crippen molar-refractivity contribution in [1.82, 2.24) is 9.97 Å². The van der Waals surface area contributed by atoms with Gasteiger partial charge in [0.15, 0.2) is 0 Å². The summed E-state index contributed by atoms with van der Waals surface area (Å²) in [6, 6.07) is 0.621. The van der Waals surface area contributed by atoms with Crippen LogP contribution in [0.5, 0.6) is 0 Å². The minimum absolute atomic E-state index is 0.406. The number of aromatic nitrogens is 2. The number of nitrogens with one attached hydrogen (secondary N) is 1. The Labute approximate surface area is 93.1 Å². The molecule has 0 saturated heterocycles. The molecule has 2 aliphatic rings. The number of nitrogens with two attached hydrogens (primary N) is 1. The summed E-state index contributed by atoms with van der Waals surface area (Å²) in [5, 5.41) is 3.44. The topological polar surface area (TPSA) is 63.8 Å². The van der Waals surface area contributed by atoms with Crippen LogP contribution in [-0.4, -0.2) is 21.8 Å². The lowest BCUT2D eigenvalue weighted by Gasteiger charge is -2.18. The zero-order valence-corrected chi connectivity index (χ0v) is 9.31. The number of aryl methyl sites for hydroxylation is 1. The molecule has 1 fully saturated rings. The lowest BCUT2D eigenvalue weighted by atomic mass is 10.2. The van der Waals surface area contributed by atoms with Crippen LogP contribution in [0.2, 0.25) is 0 Å². The molecule has 3 rings (SSSR count). The Kier molecular flexibility index (Phi) is 2.20. The molecule has 0 radical (unpaired) electrons. The molecule has 0 unspecified atom stereocenters. The maximum absolute atomic E-state index is 5.71. The molecule has 0 bridgehead atoms. The summed E-state index contributed by atoms with van der Waals surface area (Å²) in [6.07, 6.45) is 3.53. The predicted octanol–water partition coefficient (Wildman–Crippen LogP) is 1.42. The third-order valence-corrected chi connectivity index (χ3v) is 3.74. The average molecular weight is 222 g/mol. The number of nitrogen functional groups attached to an aromatic ring is 1. The monoisotopic (exact) mass is 222 g/mol. The first kappa shape index (κ1) is 9.27. The average Bonchev–Trinajstić information content (AvgIpc) is 3.01. The van der Waals surface area contributed by atoms with Crippen molar-refractivity contribution >= 4 is 23.5 Å². The minimum atomic E-state index is 0.406. The third-order valence-electron chi connectivity index (χ3n) is 2.76. The lowest BCUT2D eigenvalue weighted by molar-refractivity contribution is 0.953. The van der Waals surface area contributed by atoms with Crippen molar-refractivity contribution < 1.29 is 0 Å². The Morgan fingerprint density at radius 1 is 1.33 bits per heavy atom. The molecule has 5 heteroatoms. The maximum atomic E-state index is 5.71. The van der Waals surface area contributed by atoms with E-state index in [9.17, 15) is 0 Å². The van der Waals surface area contributed by atoms with E-state index in [1.807, 2.05) is 11.8 Å². The first-order valence-electron chi connectivity index (χ1n) is 5.32. The van der Waals surface area contributed by atoms with Crippen molar-refractivity contribution in [3.05, 3.63) is 11.3 Å². The molecule has 1 aliphatic carbocycles. The van der Waals surface area contributed by atoms with Gasteiger partial charge in [-0.3, -0.25) is 0 Å². The molecule has 2 heterocycles. The van der Waals surface area contributed by atoms with Gasteiger partial charge in [0.2, 0.25) is 5.95 Å². The van der Waals surface area contributed by atoms with Crippen molar-refractivity contribution in [3.63, 3.8) is 0 Å². The molecule has 0 amide bonds. The first-order valence-corrected chi connectivity index (χ1v) is 6.48. The van der Waals surface area contributed by atoms with Crippen LogP contribution in [0.4, 0.5) is 11.8 Å². The van der Waals surface area contributed by atoms with Gasteiger partial charge in [-0.15, -0.1) is 0 Å². The van der Waals surface area contributed by atoms with Gasteiger partial charge in [0.25, 0.3) is 0 Å². The predicted molar refractivity (Wildman–Crippen MR) is 63.0 cm³/mol. The minimum Gasteiger partial charge on any atom is -0.368 e. The van der Waals surface area contributed by atoms with Gasteiger partial charge in [0.05, 0.1) is 5.69 Å². The van der Waals surface area contributed by atoms with E-state index >= 15 is 0 Å². The number of hydrogen-bond acceptors (Lipinski definition) is 5. The zero-order chi connectivity index (χ0) is 10.3.